The van der Waals surface area contributed by atoms with Crippen molar-refractivity contribution in [1.29, 1.82) is 0 Å². The summed E-state index contributed by atoms with van der Waals surface area (Å²) in [5.41, 5.74) is 0.497. The number of nitrogens with zero attached hydrogens (tertiary/aromatic N) is 1. The summed E-state index contributed by atoms with van der Waals surface area (Å²) in [6, 6.07) is 9.83. The lowest BCUT2D eigenvalue weighted by Crippen LogP contribution is -1.77. The summed E-state index contributed by atoms with van der Waals surface area (Å²) in [4.78, 5) is 3.32. The predicted molar refractivity (Wildman–Crippen MR) is 50.2 cm³/mol. The van der Waals surface area contributed by atoms with Crippen molar-refractivity contribution in [3.05, 3.63) is 53.6 Å². The number of rotatable bonds is 0. The van der Waals surface area contributed by atoms with Crippen molar-refractivity contribution in [2.75, 3.05) is 0 Å². The molecule has 0 saturated carbocycles. The maximum Gasteiger partial charge on any atom is 0.195 e. The normalized spacial score (nSPS) is 9.85. The van der Waals surface area contributed by atoms with Crippen LogP contribution in [0.15, 0.2) is 36.4 Å². The molecule has 0 aliphatic heterocycles. The summed E-state index contributed by atoms with van der Waals surface area (Å²) >= 11 is 0. The minimum absolute atomic E-state index is 0.275. The van der Waals surface area contributed by atoms with Crippen LogP contribution in [-0.2, 0) is 0 Å². The Hall–Kier alpha value is -1.88. The minimum Gasteiger partial charge on any atom is -0.238 e. The monoisotopic (exact) mass is 171 g/mol. The van der Waals surface area contributed by atoms with E-state index < -0.39 is 0 Å². The van der Waals surface area contributed by atoms with Crippen LogP contribution in [0.3, 0.4) is 0 Å². The zero-order valence-corrected chi connectivity index (χ0v) is 6.79. The van der Waals surface area contributed by atoms with Crippen molar-refractivity contribution in [3.63, 3.8) is 0 Å². The fraction of sp³-hybridized carbons (Fsp3) is 0. The zero-order valence-electron chi connectivity index (χ0n) is 6.79. The highest BCUT2D eigenvalue weighted by Gasteiger charge is 2.03. The van der Waals surface area contributed by atoms with Gasteiger partial charge < -0.3 is 0 Å². The van der Waals surface area contributed by atoms with E-state index in [1.54, 1.807) is 24.3 Å². The Morgan fingerprint density at radius 1 is 1.00 bits per heavy atom. The van der Waals surface area contributed by atoms with Crippen molar-refractivity contribution in [1.82, 2.24) is 0 Å². The lowest BCUT2D eigenvalue weighted by molar-refractivity contribution is 0.640. The van der Waals surface area contributed by atoms with Gasteiger partial charge >= 0.3 is 0 Å². The highest BCUT2D eigenvalue weighted by Crippen LogP contribution is 2.27. The van der Waals surface area contributed by atoms with Crippen LogP contribution in [0, 0.1) is 12.4 Å². The molecule has 13 heavy (non-hydrogen) atoms. The molecule has 0 aliphatic rings. The second kappa shape index (κ2) is 2.87. The first-order chi connectivity index (χ1) is 6.33. The molecule has 0 saturated heterocycles. The van der Waals surface area contributed by atoms with Crippen LogP contribution in [0.25, 0.3) is 15.6 Å². The molecule has 0 spiro atoms. The molecule has 0 atom stereocenters. The van der Waals surface area contributed by atoms with Gasteiger partial charge in [-0.15, -0.1) is 0 Å². The standard InChI is InChI=1S/C11H6FN/c1-13-11-7-6-10(12)8-4-2-3-5-9(8)11/h2-7H. The van der Waals surface area contributed by atoms with E-state index in [0.29, 0.717) is 16.5 Å². The number of fused-ring (bicyclic) bond motifs is 1. The van der Waals surface area contributed by atoms with E-state index in [9.17, 15) is 4.39 Å². The van der Waals surface area contributed by atoms with Gasteiger partial charge in [-0.1, -0.05) is 30.3 Å². The molecule has 2 rings (SSSR count). The van der Waals surface area contributed by atoms with Gasteiger partial charge in [-0.2, -0.15) is 0 Å². The van der Waals surface area contributed by atoms with Crippen LogP contribution >= 0.6 is 0 Å². The first-order valence-corrected chi connectivity index (χ1v) is 3.87. The van der Waals surface area contributed by atoms with Gasteiger partial charge in [-0.3, -0.25) is 0 Å². The molecule has 0 unspecified atom stereocenters. The molecular weight excluding hydrogens is 165 g/mol. The third-order valence-corrected chi connectivity index (χ3v) is 1.97. The highest BCUT2D eigenvalue weighted by atomic mass is 19.1. The van der Waals surface area contributed by atoms with Gasteiger partial charge in [0.1, 0.15) is 5.82 Å². The SMILES string of the molecule is [C-]#[N+]c1ccc(F)c2ccccc12. The Morgan fingerprint density at radius 3 is 2.38 bits per heavy atom. The average molecular weight is 171 g/mol. The van der Waals surface area contributed by atoms with E-state index in [-0.39, 0.29) is 5.82 Å². The summed E-state index contributed by atoms with van der Waals surface area (Å²) < 4.78 is 13.2. The minimum atomic E-state index is -0.275. The van der Waals surface area contributed by atoms with E-state index in [4.69, 9.17) is 6.57 Å². The first kappa shape index (κ1) is 7.75. The highest BCUT2D eigenvalue weighted by molar-refractivity contribution is 5.94. The van der Waals surface area contributed by atoms with E-state index in [1.165, 1.54) is 12.1 Å². The van der Waals surface area contributed by atoms with Crippen LogP contribution in [0.1, 0.15) is 0 Å². The topological polar surface area (TPSA) is 4.36 Å². The molecule has 0 fully saturated rings. The molecule has 62 valence electrons. The predicted octanol–water partition coefficient (Wildman–Crippen LogP) is 3.53. The van der Waals surface area contributed by atoms with Gasteiger partial charge in [0.15, 0.2) is 5.69 Å². The smallest absolute Gasteiger partial charge is 0.195 e. The van der Waals surface area contributed by atoms with Crippen molar-refractivity contribution in [3.8, 4) is 0 Å². The second-order valence-corrected chi connectivity index (χ2v) is 2.72. The molecule has 0 aliphatic carbocycles. The molecule has 0 amide bonds. The van der Waals surface area contributed by atoms with Gasteiger partial charge in [-0.25, -0.2) is 9.24 Å². The fourth-order valence-electron chi connectivity index (χ4n) is 1.34. The van der Waals surface area contributed by atoms with Crippen molar-refractivity contribution >= 4 is 16.5 Å². The van der Waals surface area contributed by atoms with Gasteiger partial charge in [-0.05, 0) is 11.5 Å². The van der Waals surface area contributed by atoms with Crippen LogP contribution in [0.5, 0.6) is 0 Å². The van der Waals surface area contributed by atoms with E-state index in [0.717, 1.165) is 0 Å². The second-order valence-electron chi connectivity index (χ2n) is 2.72. The van der Waals surface area contributed by atoms with E-state index >= 15 is 0 Å². The van der Waals surface area contributed by atoms with Gasteiger partial charge in [0.25, 0.3) is 0 Å². The van der Waals surface area contributed by atoms with E-state index in [2.05, 4.69) is 4.85 Å². The summed E-state index contributed by atoms with van der Waals surface area (Å²) in [5.74, 6) is -0.275. The Morgan fingerprint density at radius 2 is 1.69 bits per heavy atom. The van der Waals surface area contributed by atoms with Gasteiger partial charge in [0.2, 0.25) is 0 Å². The number of halogens is 1. The number of hydrogen-bond donors (Lipinski definition) is 0. The molecule has 2 heteroatoms. The maximum absolute atomic E-state index is 13.2. The number of benzene rings is 2. The van der Waals surface area contributed by atoms with E-state index in [1.807, 2.05) is 0 Å². The summed E-state index contributed by atoms with van der Waals surface area (Å²) in [7, 11) is 0. The Bertz CT molecular complexity index is 497. The fourth-order valence-corrected chi connectivity index (χ4v) is 1.34. The largest absolute Gasteiger partial charge is 0.238 e. The molecule has 0 radical (unpaired) electrons. The molecule has 0 N–H and O–H groups in total. The lowest BCUT2D eigenvalue weighted by atomic mass is 10.1. The molecule has 2 aromatic rings. The van der Waals surface area contributed by atoms with Crippen LogP contribution in [0.4, 0.5) is 10.1 Å². The molecular formula is C11H6FN. The Balaban J connectivity index is 2.95. The first-order valence-electron chi connectivity index (χ1n) is 3.87. The van der Waals surface area contributed by atoms with Gasteiger partial charge in [0, 0.05) is 5.39 Å². The average Bonchev–Trinajstić information content (AvgIpc) is 2.19. The Labute approximate surface area is 75.2 Å². The third kappa shape index (κ3) is 1.15. The molecule has 0 heterocycles. The zero-order chi connectivity index (χ0) is 9.26. The lowest BCUT2D eigenvalue weighted by Gasteiger charge is -1.99. The van der Waals surface area contributed by atoms with Crippen molar-refractivity contribution < 1.29 is 4.39 Å². The van der Waals surface area contributed by atoms with Crippen LogP contribution in [0.2, 0.25) is 0 Å². The molecule has 0 aromatic heterocycles. The summed E-state index contributed by atoms with van der Waals surface area (Å²) in [6.45, 7) is 6.90. The molecule has 0 bridgehead atoms. The molecule has 2 aromatic carbocycles. The quantitative estimate of drug-likeness (QED) is 0.534. The summed E-state index contributed by atoms with van der Waals surface area (Å²) in [5, 5.41) is 1.19. The van der Waals surface area contributed by atoms with Crippen molar-refractivity contribution in [2.45, 2.75) is 0 Å². The van der Waals surface area contributed by atoms with Crippen molar-refractivity contribution in [2.24, 2.45) is 0 Å². The maximum atomic E-state index is 13.2. The third-order valence-electron chi connectivity index (χ3n) is 1.97. The van der Waals surface area contributed by atoms with Crippen LogP contribution in [-0.4, -0.2) is 0 Å². The molecule has 1 nitrogen and oxygen atoms in total. The number of hydrogen-bond acceptors (Lipinski definition) is 0. The van der Waals surface area contributed by atoms with Gasteiger partial charge in [0.05, 0.1) is 6.57 Å². The Kier molecular flexibility index (Phi) is 1.71. The summed E-state index contributed by atoms with van der Waals surface area (Å²) in [6.07, 6.45) is 0. The van der Waals surface area contributed by atoms with Crippen LogP contribution < -0.4 is 0 Å².